The van der Waals surface area contributed by atoms with E-state index < -0.39 is 0 Å². The molecule has 0 spiro atoms. The summed E-state index contributed by atoms with van der Waals surface area (Å²) in [5, 5.41) is 0. The Balaban J connectivity index is 1.87. The lowest BCUT2D eigenvalue weighted by atomic mass is 9.81. The van der Waals surface area contributed by atoms with Crippen molar-refractivity contribution in [3.8, 4) is 0 Å². The number of hydrogen-bond acceptors (Lipinski definition) is 1. The molecule has 1 aliphatic heterocycles. The monoisotopic (exact) mass is 257 g/mol. The molecule has 1 radical (unpaired) electrons. The van der Waals surface area contributed by atoms with Gasteiger partial charge in [0, 0.05) is 13.2 Å². The van der Waals surface area contributed by atoms with E-state index in [1.165, 1.54) is 31.2 Å². The maximum absolute atomic E-state index is 5.47. The summed E-state index contributed by atoms with van der Waals surface area (Å²) in [6.07, 6.45) is 10.7. The van der Waals surface area contributed by atoms with Gasteiger partial charge in [-0.25, -0.2) is 0 Å². The Labute approximate surface area is 117 Å². The van der Waals surface area contributed by atoms with E-state index in [0.29, 0.717) is 0 Å². The molecule has 1 fully saturated rings. The Kier molecular flexibility index (Phi) is 6.16. The predicted octanol–water partition coefficient (Wildman–Crippen LogP) is 4.89. The van der Waals surface area contributed by atoms with Crippen LogP contribution in [0.4, 0.5) is 0 Å². The van der Waals surface area contributed by atoms with Gasteiger partial charge in [0.2, 0.25) is 0 Å². The lowest BCUT2D eigenvalue weighted by molar-refractivity contribution is 0.0682. The number of rotatable bonds is 6. The molecule has 2 rings (SSSR count). The summed E-state index contributed by atoms with van der Waals surface area (Å²) in [5.74, 6) is 2.51. The Hall–Kier alpha value is -1.08. The molecule has 19 heavy (non-hydrogen) atoms. The highest BCUT2D eigenvalue weighted by Crippen LogP contribution is 2.32. The van der Waals surface area contributed by atoms with Crippen molar-refractivity contribution in [2.24, 2.45) is 5.92 Å². The highest BCUT2D eigenvalue weighted by Gasteiger charge is 2.22. The molecule has 0 saturated carbocycles. The third-order valence-electron chi connectivity index (χ3n) is 3.86. The Morgan fingerprint density at radius 2 is 1.95 bits per heavy atom. The van der Waals surface area contributed by atoms with Crippen molar-refractivity contribution in [2.75, 3.05) is 13.2 Å². The molecule has 1 nitrogen and oxygen atoms in total. The standard InChI is InChI=1S/C18H25O/c1-2-7-17(18-12-14-19-15-13-18)11-6-10-16-8-4-3-5-9-16/h3-6,8-10,18H,2,7,11-15H2,1H3. The number of ether oxygens (including phenoxy) is 1. The highest BCUT2D eigenvalue weighted by atomic mass is 16.5. The molecule has 0 unspecified atom stereocenters. The molecular formula is C18H25O. The Morgan fingerprint density at radius 1 is 1.21 bits per heavy atom. The van der Waals surface area contributed by atoms with Crippen LogP contribution < -0.4 is 0 Å². The van der Waals surface area contributed by atoms with Gasteiger partial charge in [0.15, 0.2) is 0 Å². The summed E-state index contributed by atoms with van der Waals surface area (Å²) < 4.78 is 5.47. The summed E-state index contributed by atoms with van der Waals surface area (Å²) in [6.45, 7) is 4.17. The van der Waals surface area contributed by atoms with Crippen molar-refractivity contribution in [3.63, 3.8) is 0 Å². The fraction of sp³-hybridized carbons (Fsp3) is 0.500. The maximum Gasteiger partial charge on any atom is 0.0468 e. The van der Waals surface area contributed by atoms with Gasteiger partial charge in [-0.15, -0.1) is 0 Å². The van der Waals surface area contributed by atoms with Crippen LogP contribution in [0.3, 0.4) is 0 Å². The summed E-state index contributed by atoms with van der Waals surface area (Å²) in [5.41, 5.74) is 1.30. The SMILES string of the molecule is CCC[C](CC=Cc1ccccc1)C1CCOCC1. The third-order valence-corrected chi connectivity index (χ3v) is 3.86. The van der Waals surface area contributed by atoms with E-state index in [1.54, 1.807) is 5.92 Å². The molecular weight excluding hydrogens is 232 g/mol. The average molecular weight is 257 g/mol. The van der Waals surface area contributed by atoms with Gasteiger partial charge < -0.3 is 4.74 Å². The van der Waals surface area contributed by atoms with E-state index in [2.05, 4.69) is 49.4 Å². The lowest BCUT2D eigenvalue weighted by Crippen LogP contribution is -2.21. The van der Waals surface area contributed by atoms with Gasteiger partial charge in [0.05, 0.1) is 0 Å². The van der Waals surface area contributed by atoms with Crippen LogP contribution in [-0.4, -0.2) is 13.2 Å². The molecule has 1 heterocycles. The van der Waals surface area contributed by atoms with Crippen molar-refractivity contribution < 1.29 is 4.74 Å². The van der Waals surface area contributed by atoms with Crippen molar-refractivity contribution in [1.29, 1.82) is 0 Å². The van der Waals surface area contributed by atoms with Gasteiger partial charge in [-0.3, -0.25) is 0 Å². The second kappa shape index (κ2) is 8.16. The van der Waals surface area contributed by atoms with E-state index in [4.69, 9.17) is 4.74 Å². The van der Waals surface area contributed by atoms with Gasteiger partial charge in [-0.05, 0) is 43.1 Å². The molecule has 0 aromatic heterocycles. The molecule has 1 aliphatic rings. The maximum atomic E-state index is 5.47. The topological polar surface area (TPSA) is 9.23 Å². The van der Waals surface area contributed by atoms with E-state index in [-0.39, 0.29) is 0 Å². The second-order valence-corrected chi connectivity index (χ2v) is 5.31. The van der Waals surface area contributed by atoms with Crippen LogP contribution in [0.5, 0.6) is 0 Å². The first-order valence-electron chi connectivity index (χ1n) is 7.54. The van der Waals surface area contributed by atoms with Crippen LogP contribution >= 0.6 is 0 Å². The predicted molar refractivity (Wildman–Crippen MR) is 81.8 cm³/mol. The fourth-order valence-electron chi connectivity index (χ4n) is 2.81. The molecule has 1 saturated heterocycles. The zero-order valence-corrected chi connectivity index (χ0v) is 12.0. The van der Waals surface area contributed by atoms with Crippen molar-refractivity contribution >= 4 is 6.08 Å². The molecule has 0 amide bonds. The van der Waals surface area contributed by atoms with E-state index in [9.17, 15) is 0 Å². The Morgan fingerprint density at radius 3 is 2.63 bits per heavy atom. The summed E-state index contributed by atoms with van der Waals surface area (Å²) >= 11 is 0. The zero-order valence-electron chi connectivity index (χ0n) is 12.0. The van der Waals surface area contributed by atoms with E-state index in [0.717, 1.165) is 25.6 Å². The smallest absolute Gasteiger partial charge is 0.0468 e. The van der Waals surface area contributed by atoms with E-state index >= 15 is 0 Å². The Bertz CT molecular complexity index is 363. The van der Waals surface area contributed by atoms with E-state index in [1.807, 2.05) is 0 Å². The van der Waals surface area contributed by atoms with Gasteiger partial charge in [0.1, 0.15) is 0 Å². The summed E-state index contributed by atoms with van der Waals surface area (Å²) in [6, 6.07) is 10.6. The first-order valence-corrected chi connectivity index (χ1v) is 7.54. The fourth-order valence-corrected chi connectivity index (χ4v) is 2.81. The first kappa shape index (κ1) is 14.3. The van der Waals surface area contributed by atoms with Crippen molar-refractivity contribution in [1.82, 2.24) is 0 Å². The van der Waals surface area contributed by atoms with Gasteiger partial charge in [-0.1, -0.05) is 55.8 Å². The average Bonchev–Trinajstić information content (AvgIpc) is 2.48. The third kappa shape index (κ3) is 4.83. The normalized spacial score (nSPS) is 17.4. The number of hydrogen-bond donors (Lipinski definition) is 0. The minimum atomic E-state index is 0.786. The van der Waals surface area contributed by atoms with Gasteiger partial charge in [0.25, 0.3) is 0 Å². The molecule has 1 aromatic carbocycles. The van der Waals surface area contributed by atoms with Crippen LogP contribution in [0.25, 0.3) is 6.08 Å². The van der Waals surface area contributed by atoms with Crippen LogP contribution in [0.15, 0.2) is 36.4 Å². The van der Waals surface area contributed by atoms with Crippen LogP contribution in [0, 0.1) is 11.8 Å². The largest absolute Gasteiger partial charge is 0.381 e. The summed E-state index contributed by atoms with van der Waals surface area (Å²) in [7, 11) is 0. The minimum absolute atomic E-state index is 0.786. The van der Waals surface area contributed by atoms with Crippen LogP contribution in [0.2, 0.25) is 0 Å². The van der Waals surface area contributed by atoms with Crippen molar-refractivity contribution in [2.45, 2.75) is 39.0 Å². The molecule has 0 N–H and O–H groups in total. The molecule has 0 aliphatic carbocycles. The van der Waals surface area contributed by atoms with Crippen molar-refractivity contribution in [3.05, 3.63) is 47.9 Å². The minimum Gasteiger partial charge on any atom is -0.381 e. The molecule has 0 atom stereocenters. The van der Waals surface area contributed by atoms with Gasteiger partial charge in [-0.2, -0.15) is 0 Å². The first-order chi connectivity index (χ1) is 9.40. The molecule has 1 heteroatoms. The van der Waals surface area contributed by atoms with Crippen LogP contribution in [0.1, 0.15) is 44.6 Å². The quantitative estimate of drug-likeness (QED) is 0.705. The molecule has 103 valence electrons. The van der Waals surface area contributed by atoms with Crippen LogP contribution in [-0.2, 0) is 4.74 Å². The number of benzene rings is 1. The highest BCUT2D eigenvalue weighted by molar-refractivity contribution is 5.48. The van der Waals surface area contributed by atoms with Gasteiger partial charge >= 0.3 is 0 Å². The number of allylic oxidation sites excluding steroid dienone is 1. The second-order valence-electron chi connectivity index (χ2n) is 5.31. The zero-order chi connectivity index (χ0) is 13.3. The summed E-state index contributed by atoms with van der Waals surface area (Å²) in [4.78, 5) is 0. The molecule has 0 bridgehead atoms. The lowest BCUT2D eigenvalue weighted by Gasteiger charge is -2.29. The molecule has 1 aromatic rings.